The van der Waals surface area contributed by atoms with Crippen LogP contribution in [0.2, 0.25) is 0 Å². The predicted molar refractivity (Wildman–Crippen MR) is 66.2 cm³/mol. The van der Waals surface area contributed by atoms with Crippen molar-refractivity contribution < 1.29 is 19.5 Å². The summed E-state index contributed by atoms with van der Waals surface area (Å²) in [4.78, 5) is 37.5. The lowest BCUT2D eigenvalue weighted by atomic mass is 9.89. The molecule has 3 atom stereocenters. The number of primary amides is 1. The first kappa shape index (κ1) is 13.6. The van der Waals surface area contributed by atoms with Crippen LogP contribution in [-0.4, -0.2) is 58.0 Å². The zero-order chi connectivity index (χ0) is 14.2. The molecule has 2 bridgehead atoms. The molecule has 2 aliphatic rings. The zero-order valence-electron chi connectivity index (χ0n) is 10.9. The summed E-state index contributed by atoms with van der Waals surface area (Å²) in [6, 6.07) is -0.519. The van der Waals surface area contributed by atoms with Crippen LogP contribution in [-0.2, 0) is 9.59 Å². The number of carboxylic acids is 1. The van der Waals surface area contributed by atoms with E-state index in [1.807, 2.05) is 0 Å². The Hall–Kier alpha value is -1.79. The Kier molecular flexibility index (Phi) is 3.64. The van der Waals surface area contributed by atoms with Gasteiger partial charge in [-0.05, 0) is 26.2 Å². The minimum Gasteiger partial charge on any atom is -0.481 e. The summed E-state index contributed by atoms with van der Waals surface area (Å²) >= 11 is 0. The van der Waals surface area contributed by atoms with Crippen molar-refractivity contribution >= 4 is 17.9 Å². The first-order valence-electron chi connectivity index (χ1n) is 6.54. The molecule has 0 aliphatic carbocycles. The molecule has 2 heterocycles. The number of rotatable bonds is 4. The molecule has 2 fully saturated rings. The third kappa shape index (κ3) is 2.36. The summed E-state index contributed by atoms with van der Waals surface area (Å²) in [5, 5.41) is 9.15. The fraction of sp³-hybridized carbons (Fsp3) is 0.750. The third-order valence-corrected chi connectivity index (χ3v) is 4.07. The second kappa shape index (κ2) is 5.07. The number of hydrogen-bond donors (Lipinski definition) is 2. The number of fused-ring (bicyclic) bond motifs is 2. The Morgan fingerprint density at radius 2 is 2.05 bits per heavy atom. The van der Waals surface area contributed by atoms with Gasteiger partial charge in [-0.3, -0.25) is 9.59 Å². The molecule has 3 unspecified atom stereocenters. The van der Waals surface area contributed by atoms with E-state index in [0.717, 1.165) is 12.8 Å². The molecule has 0 saturated carbocycles. The van der Waals surface area contributed by atoms with E-state index in [1.54, 1.807) is 11.8 Å². The number of hydrogen-bond acceptors (Lipinski definition) is 3. The van der Waals surface area contributed by atoms with E-state index in [1.165, 1.54) is 4.90 Å². The first-order chi connectivity index (χ1) is 8.95. The molecule has 3 amide bonds. The average Bonchev–Trinajstić information content (AvgIpc) is 2.92. The van der Waals surface area contributed by atoms with Crippen LogP contribution in [0.25, 0.3) is 0 Å². The van der Waals surface area contributed by atoms with Crippen LogP contribution in [0.4, 0.5) is 4.79 Å². The first-order valence-corrected chi connectivity index (χ1v) is 6.54. The highest BCUT2D eigenvalue weighted by molar-refractivity contribution is 5.84. The molecular weight excluding hydrogens is 250 g/mol. The molecule has 2 aliphatic heterocycles. The summed E-state index contributed by atoms with van der Waals surface area (Å²) in [5.41, 5.74) is 5.12. The monoisotopic (exact) mass is 269 g/mol. The number of aliphatic carboxylic acids is 1. The maximum absolute atomic E-state index is 12.4. The Morgan fingerprint density at radius 1 is 1.37 bits per heavy atom. The van der Waals surface area contributed by atoms with Crippen molar-refractivity contribution in [2.45, 2.75) is 38.3 Å². The fourth-order valence-corrected chi connectivity index (χ4v) is 3.22. The normalized spacial score (nSPS) is 28.5. The molecule has 106 valence electrons. The molecule has 7 nitrogen and oxygen atoms in total. The summed E-state index contributed by atoms with van der Waals surface area (Å²) in [5.74, 6) is -1.88. The Morgan fingerprint density at radius 3 is 2.53 bits per heavy atom. The number of carbonyl (C=O) groups excluding carboxylic acids is 2. The van der Waals surface area contributed by atoms with E-state index in [9.17, 15) is 14.4 Å². The van der Waals surface area contributed by atoms with Gasteiger partial charge in [0.25, 0.3) is 0 Å². The maximum atomic E-state index is 12.4. The summed E-state index contributed by atoms with van der Waals surface area (Å²) < 4.78 is 0. The largest absolute Gasteiger partial charge is 0.481 e. The molecule has 0 radical (unpaired) electrons. The Bertz CT molecular complexity index is 412. The van der Waals surface area contributed by atoms with Crippen molar-refractivity contribution in [3.8, 4) is 0 Å². The number of nitrogens with zero attached hydrogens (tertiary/aromatic N) is 2. The van der Waals surface area contributed by atoms with Crippen LogP contribution in [0.5, 0.6) is 0 Å². The molecule has 3 N–H and O–H groups in total. The summed E-state index contributed by atoms with van der Waals surface area (Å²) in [6.45, 7) is 2.03. The van der Waals surface area contributed by atoms with E-state index in [2.05, 4.69) is 0 Å². The van der Waals surface area contributed by atoms with Crippen molar-refractivity contribution in [2.24, 2.45) is 11.7 Å². The van der Waals surface area contributed by atoms with Crippen molar-refractivity contribution in [3.05, 3.63) is 0 Å². The van der Waals surface area contributed by atoms with Crippen molar-refractivity contribution in [2.75, 3.05) is 13.1 Å². The van der Waals surface area contributed by atoms with Crippen LogP contribution in [0.1, 0.15) is 26.2 Å². The number of carbonyl (C=O) groups is 3. The van der Waals surface area contributed by atoms with Crippen molar-refractivity contribution in [3.63, 3.8) is 0 Å². The quantitative estimate of drug-likeness (QED) is 0.740. The minimum atomic E-state index is -0.844. The number of urea groups is 1. The topological polar surface area (TPSA) is 104 Å². The number of likely N-dealkylation sites (N-methyl/N-ethyl adjacent to an activating group) is 1. The standard InChI is InChI=1S/C12H19N3O4/c1-2-14(6-10(13)16)12(19)15-7-3-4-9(15)8(5-7)11(17)18/h7-9H,2-6H2,1H3,(H2,13,16)(H,17,18). The Labute approximate surface area is 111 Å². The van der Waals surface area contributed by atoms with Gasteiger partial charge in [0.15, 0.2) is 0 Å². The van der Waals surface area contributed by atoms with Gasteiger partial charge in [0.1, 0.15) is 6.54 Å². The van der Waals surface area contributed by atoms with Gasteiger partial charge < -0.3 is 20.6 Å². The second-order valence-corrected chi connectivity index (χ2v) is 5.15. The van der Waals surface area contributed by atoms with E-state index in [-0.39, 0.29) is 24.7 Å². The van der Waals surface area contributed by atoms with Gasteiger partial charge in [0.05, 0.1) is 5.92 Å². The molecule has 0 spiro atoms. The van der Waals surface area contributed by atoms with Crippen LogP contribution in [0, 0.1) is 5.92 Å². The van der Waals surface area contributed by atoms with Gasteiger partial charge >= 0.3 is 12.0 Å². The highest BCUT2D eigenvalue weighted by Gasteiger charge is 2.52. The highest BCUT2D eigenvalue weighted by Crippen LogP contribution is 2.42. The maximum Gasteiger partial charge on any atom is 0.320 e. The number of nitrogens with two attached hydrogens (primary N) is 1. The zero-order valence-corrected chi connectivity index (χ0v) is 10.9. The van der Waals surface area contributed by atoms with Crippen LogP contribution < -0.4 is 5.73 Å². The molecule has 2 rings (SSSR count). The van der Waals surface area contributed by atoms with E-state index < -0.39 is 17.8 Å². The molecule has 0 aromatic rings. The van der Waals surface area contributed by atoms with E-state index in [4.69, 9.17) is 10.8 Å². The molecule has 0 aromatic carbocycles. The highest BCUT2D eigenvalue weighted by atomic mass is 16.4. The fourth-order valence-electron chi connectivity index (χ4n) is 3.22. The minimum absolute atomic E-state index is 0.0134. The molecule has 2 saturated heterocycles. The van der Waals surface area contributed by atoms with Crippen molar-refractivity contribution in [1.29, 1.82) is 0 Å². The third-order valence-electron chi connectivity index (χ3n) is 4.07. The van der Waals surface area contributed by atoms with Gasteiger partial charge in [-0.25, -0.2) is 4.79 Å². The SMILES string of the molecule is CCN(CC(N)=O)C(=O)N1C2CCC1C(C(=O)O)C2. The van der Waals surface area contributed by atoms with Gasteiger partial charge in [-0.15, -0.1) is 0 Å². The van der Waals surface area contributed by atoms with Crippen molar-refractivity contribution in [1.82, 2.24) is 9.80 Å². The summed E-state index contributed by atoms with van der Waals surface area (Å²) in [6.07, 6.45) is 2.08. The van der Waals surface area contributed by atoms with Crippen LogP contribution >= 0.6 is 0 Å². The van der Waals surface area contributed by atoms with Crippen LogP contribution in [0.15, 0.2) is 0 Å². The lowest BCUT2D eigenvalue weighted by Gasteiger charge is -2.29. The smallest absolute Gasteiger partial charge is 0.320 e. The molecule has 19 heavy (non-hydrogen) atoms. The van der Waals surface area contributed by atoms with E-state index in [0.29, 0.717) is 13.0 Å². The van der Waals surface area contributed by atoms with E-state index >= 15 is 0 Å². The molecule has 7 heteroatoms. The van der Waals surface area contributed by atoms with Gasteiger partial charge in [0.2, 0.25) is 5.91 Å². The average molecular weight is 269 g/mol. The lowest BCUT2D eigenvalue weighted by Crippen LogP contribution is -2.49. The molecular formula is C12H19N3O4. The second-order valence-electron chi connectivity index (χ2n) is 5.15. The van der Waals surface area contributed by atoms with Gasteiger partial charge in [-0.2, -0.15) is 0 Å². The van der Waals surface area contributed by atoms with Crippen LogP contribution in [0.3, 0.4) is 0 Å². The summed E-state index contributed by atoms with van der Waals surface area (Å²) in [7, 11) is 0. The van der Waals surface area contributed by atoms with Gasteiger partial charge in [-0.1, -0.05) is 0 Å². The molecule has 0 aromatic heterocycles. The lowest BCUT2D eigenvalue weighted by molar-refractivity contribution is -0.142. The number of carboxylic acid groups (broad SMARTS) is 1. The predicted octanol–water partition coefficient (Wildman–Crippen LogP) is -0.149. The Balaban J connectivity index is 2.11. The van der Waals surface area contributed by atoms with Gasteiger partial charge in [0, 0.05) is 18.6 Å². The number of amides is 3.